The third kappa shape index (κ3) is 5.00. The lowest BCUT2D eigenvalue weighted by Gasteiger charge is -2.04. The summed E-state index contributed by atoms with van der Waals surface area (Å²) in [6.45, 7) is 8.31. The maximum atomic E-state index is 13.0. The van der Waals surface area contributed by atoms with Gasteiger partial charge in [-0.25, -0.2) is 4.39 Å². The van der Waals surface area contributed by atoms with E-state index in [0.717, 1.165) is 18.4 Å². The largest absolute Gasteiger partial charge is 0.207 e. The molecule has 0 spiro atoms. The number of benzene rings is 1. The van der Waals surface area contributed by atoms with Crippen molar-refractivity contribution in [1.82, 2.24) is 0 Å². The van der Waals surface area contributed by atoms with Crippen LogP contribution in [0, 0.1) is 11.7 Å². The van der Waals surface area contributed by atoms with Gasteiger partial charge in [0.2, 0.25) is 0 Å². The Labute approximate surface area is 87.2 Å². The van der Waals surface area contributed by atoms with Crippen molar-refractivity contribution in [3.63, 3.8) is 0 Å². The standard InChI is InChI=1S/C11H15F.C2H6/c1-9(2)7-8-10-5-3-4-6-11(10)12;1-2/h3-6,9H,7-8H2,1-2H3;1-2H3. The molecule has 0 nitrogen and oxygen atoms in total. The zero-order valence-corrected chi connectivity index (χ0v) is 9.68. The molecule has 0 bridgehead atoms. The van der Waals surface area contributed by atoms with Gasteiger partial charge in [0.25, 0.3) is 0 Å². The second-order valence-corrected chi connectivity index (χ2v) is 3.52. The van der Waals surface area contributed by atoms with Crippen LogP contribution in [0.2, 0.25) is 0 Å². The monoisotopic (exact) mass is 196 g/mol. The van der Waals surface area contributed by atoms with Gasteiger partial charge in [0, 0.05) is 0 Å². The summed E-state index contributed by atoms with van der Waals surface area (Å²) in [7, 11) is 0. The van der Waals surface area contributed by atoms with Crippen LogP contribution in [0.5, 0.6) is 0 Å². The maximum Gasteiger partial charge on any atom is 0.126 e. The molecule has 0 aromatic heterocycles. The lowest BCUT2D eigenvalue weighted by atomic mass is 10.0. The third-order valence-electron chi connectivity index (χ3n) is 1.95. The zero-order chi connectivity index (χ0) is 11.0. The predicted molar refractivity (Wildman–Crippen MR) is 60.9 cm³/mol. The van der Waals surface area contributed by atoms with Crippen molar-refractivity contribution >= 4 is 0 Å². The van der Waals surface area contributed by atoms with E-state index in [1.165, 1.54) is 6.07 Å². The molecule has 0 aliphatic rings. The molecule has 80 valence electrons. The fraction of sp³-hybridized carbons (Fsp3) is 0.538. The van der Waals surface area contributed by atoms with Gasteiger partial charge < -0.3 is 0 Å². The Balaban J connectivity index is 0.000000791. The van der Waals surface area contributed by atoms with Crippen molar-refractivity contribution in [3.05, 3.63) is 35.6 Å². The highest BCUT2D eigenvalue weighted by atomic mass is 19.1. The van der Waals surface area contributed by atoms with Gasteiger partial charge in [-0.15, -0.1) is 0 Å². The number of hydrogen-bond acceptors (Lipinski definition) is 0. The van der Waals surface area contributed by atoms with Crippen LogP contribution in [0.1, 0.15) is 39.7 Å². The molecule has 0 N–H and O–H groups in total. The summed E-state index contributed by atoms with van der Waals surface area (Å²) in [6.07, 6.45) is 1.91. The van der Waals surface area contributed by atoms with Crippen LogP contribution >= 0.6 is 0 Å². The van der Waals surface area contributed by atoms with Crippen LogP contribution in [0.15, 0.2) is 24.3 Å². The molecular weight excluding hydrogens is 175 g/mol. The van der Waals surface area contributed by atoms with Crippen molar-refractivity contribution in [1.29, 1.82) is 0 Å². The first-order valence-corrected chi connectivity index (χ1v) is 5.43. The fourth-order valence-corrected chi connectivity index (χ4v) is 1.15. The lowest BCUT2D eigenvalue weighted by Crippen LogP contribution is -1.94. The van der Waals surface area contributed by atoms with Gasteiger partial charge in [0.15, 0.2) is 0 Å². The minimum absolute atomic E-state index is 0.0712. The van der Waals surface area contributed by atoms with Crippen LogP contribution in [0.25, 0.3) is 0 Å². The topological polar surface area (TPSA) is 0 Å². The molecule has 1 aromatic rings. The molecule has 0 amide bonds. The van der Waals surface area contributed by atoms with Gasteiger partial charge in [0.05, 0.1) is 0 Å². The summed E-state index contributed by atoms with van der Waals surface area (Å²) >= 11 is 0. The van der Waals surface area contributed by atoms with Crippen molar-refractivity contribution in [2.24, 2.45) is 5.92 Å². The smallest absolute Gasteiger partial charge is 0.126 e. The highest BCUT2D eigenvalue weighted by molar-refractivity contribution is 5.17. The highest BCUT2D eigenvalue weighted by Crippen LogP contribution is 2.11. The molecule has 0 saturated heterocycles. The lowest BCUT2D eigenvalue weighted by molar-refractivity contribution is 0.558. The van der Waals surface area contributed by atoms with Crippen LogP contribution in [-0.2, 0) is 6.42 Å². The van der Waals surface area contributed by atoms with E-state index in [1.807, 2.05) is 26.0 Å². The molecule has 0 aliphatic carbocycles. The molecular formula is C13H21F. The predicted octanol–water partition coefficient (Wildman–Crippen LogP) is 4.44. The summed E-state index contributed by atoms with van der Waals surface area (Å²) in [5.41, 5.74) is 0.839. The molecule has 1 heteroatoms. The number of rotatable bonds is 3. The minimum atomic E-state index is -0.0712. The summed E-state index contributed by atoms with van der Waals surface area (Å²) in [5.74, 6) is 0.572. The SMILES string of the molecule is CC.CC(C)CCc1ccccc1F. The first-order valence-electron chi connectivity index (χ1n) is 5.43. The van der Waals surface area contributed by atoms with E-state index in [0.29, 0.717) is 5.92 Å². The summed E-state index contributed by atoms with van der Waals surface area (Å²) in [4.78, 5) is 0. The Morgan fingerprint density at radius 1 is 1.14 bits per heavy atom. The summed E-state index contributed by atoms with van der Waals surface area (Å²) in [6, 6.07) is 7.00. The molecule has 0 unspecified atom stereocenters. The second-order valence-electron chi connectivity index (χ2n) is 3.52. The van der Waals surface area contributed by atoms with Crippen LogP contribution < -0.4 is 0 Å². The van der Waals surface area contributed by atoms with Gasteiger partial charge in [-0.1, -0.05) is 45.9 Å². The van der Waals surface area contributed by atoms with E-state index in [1.54, 1.807) is 6.07 Å². The fourth-order valence-electron chi connectivity index (χ4n) is 1.15. The van der Waals surface area contributed by atoms with Crippen molar-refractivity contribution < 1.29 is 4.39 Å². The average molecular weight is 196 g/mol. The van der Waals surface area contributed by atoms with E-state index < -0.39 is 0 Å². The van der Waals surface area contributed by atoms with Crippen molar-refractivity contribution in [2.75, 3.05) is 0 Å². The Kier molecular flexibility index (Phi) is 7.09. The first-order chi connectivity index (χ1) is 6.70. The minimum Gasteiger partial charge on any atom is -0.207 e. The van der Waals surface area contributed by atoms with Gasteiger partial charge in [-0.3, -0.25) is 0 Å². The summed E-state index contributed by atoms with van der Waals surface area (Å²) in [5, 5.41) is 0. The Morgan fingerprint density at radius 2 is 1.71 bits per heavy atom. The summed E-state index contributed by atoms with van der Waals surface area (Å²) < 4.78 is 13.0. The van der Waals surface area contributed by atoms with Crippen molar-refractivity contribution in [3.8, 4) is 0 Å². The molecule has 0 fully saturated rings. The molecule has 0 aliphatic heterocycles. The van der Waals surface area contributed by atoms with E-state index >= 15 is 0 Å². The Morgan fingerprint density at radius 3 is 2.21 bits per heavy atom. The van der Waals surface area contributed by atoms with E-state index in [2.05, 4.69) is 13.8 Å². The van der Waals surface area contributed by atoms with Gasteiger partial charge in [-0.05, 0) is 30.4 Å². The number of halogens is 1. The molecule has 0 radical (unpaired) electrons. The quantitative estimate of drug-likeness (QED) is 0.670. The van der Waals surface area contributed by atoms with Gasteiger partial charge in [-0.2, -0.15) is 0 Å². The van der Waals surface area contributed by atoms with E-state index in [4.69, 9.17) is 0 Å². The average Bonchev–Trinajstić information content (AvgIpc) is 2.19. The second kappa shape index (κ2) is 7.54. The molecule has 1 aromatic carbocycles. The normalized spacial score (nSPS) is 9.57. The first kappa shape index (κ1) is 13.2. The van der Waals surface area contributed by atoms with E-state index in [-0.39, 0.29) is 5.82 Å². The molecule has 0 saturated carbocycles. The van der Waals surface area contributed by atoms with E-state index in [9.17, 15) is 4.39 Å². The zero-order valence-electron chi connectivity index (χ0n) is 9.68. The van der Waals surface area contributed by atoms with Crippen molar-refractivity contribution in [2.45, 2.75) is 40.5 Å². The van der Waals surface area contributed by atoms with Crippen LogP contribution in [0.4, 0.5) is 4.39 Å². The Bertz CT molecular complexity index is 241. The van der Waals surface area contributed by atoms with Crippen LogP contribution in [0.3, 0.4) is 0 Å². The highest BCUT2D eigenvalue weighted by Gasteiger charge is 2.01. The molecule has 0 heterocycles. The number of hydrogen-bond donors (Lipinski definition) is 0. The molecule has 0 atom stereocenters. The van der Waals surface area contributed by atoms with Crippen LogP contribution in [-0.4, -0.2) is 0 Å². The molecule has 14 heavy (non-hydrogen) atoms. The number of aryl methyl sites for hydroxylation is 1. The third-order valence-corrected chi connectivity index (χ3v) is 1.95. The maximum absolute atomic E-state index is 13.0. The molecule has 1 rings (SSSR count). The van der Waals surface area contributed by atoms with Gasteiger partial charge in [0.1, 0.15) is 5.82 Å². The van der Waals surface area contributed by atoms with Gasteiger partial charge >= 0.3 is 0 Å². The Hall–Kier alpha value is -0.850.